The van der Waals surface area contributed by atoms with Crippen LogP contribution in [0.3, 0.4) is 0 Å². The molecule has 1 unspecified atom stereocenters. The van der Waals surface area contributed by atoms with Gasteiger partial charge in [-0.1, -0.05) is 13.5 Å². The van der Waals surface area contributed by atoms with Crippen molar-refractivity contribution in [1.82, 2.24) is 14.1 Å². The van der Waals surface area contributed by atoms with Crippen molar-refractivity contribution < 1.29 is 17.9 Å². The molecule has 0 N–H and O–H groups in total. The summed E-state index contributed by atoms with van der Waals surface area (Å²) in [7, 11) is -0.640. The maximum Gasteiger partial charge on any atom is 0.242 e. The fourth-order valence-electron chi connectivity index (χ4n) is 3.39. The summed E-state index contributed by atoms with van der Waals surface area (Å²) >= 11 is 0. The SMILES string of the molecule is C=C/C(=C\C=C\OC)S(=O)(=O)N(C)CCCC(=O)N1CCN(C(C)C)CC1CC. The summed E-state index contributed by atoms with van der Waals surface area (Å²) < 4.78 is 31.3. The van der Waals surface area contributed by atoms with Crippen LogP contribution in [0, 0.1) is 0 Å². The Labute approximate surface area is 176 Å². The Bertz CT molecular complexity index is 701. The van der Waals surface area contributed by atoms with Crippen LogP contribution in [0.2, 0.25) is 0 Å². The largest absolute Gasteiger partial charge is 0.504 e. The van der Waals surface area contributed by atoms with E-state index in [-0.39, 0.29) is 23.4 Å². The molecular formula is C21H37N3O4S. The van der Waals surface area contributed by atoms with Gasteiger partial charge < -0.3 is 9.64 Å². The summed E-state index contributed by atoms with van der Waals surface area (Å²) in [5.74, 6) is 0.105. The van der Waals surface area contributed by atoms with Crippen LogP contribution in [0.15, 0.2) is 36.0 Å². The molecule has 0 bridgehead atoms. The molecule has 1 saturated heterocycles. The molecule has 0 aliphatic carbocycles. The topological polar surface area (TPSA) is 70.2 Å². The summed E-state index contributed by atoms with van der Waals surface area (Å²) in [5, 5.41) is 0. The molecule has 8 heteroatoms. The van der Waals surface area contributed by atoms with Gasteiger partial charge in [0.05, 0.1) is 18.3 Å². The van der Waals surface area contributed by atoms with Crippen molar-refractivity contribution >= 4 is 15.9 Å². The van der Waals surface area contributed by atoms with Gasteiger partial charge in [0, 0.05) is 51.7 Å². The highest BCUT2D eigenvalue weighted by atomic mass is 32.2. The second-order valence-electron chi connectivity index (χ2n) is 7.51. The number of nitrogens with zero attached hydrogens (tertiary/aromatic N) is 3. The summed E-state index contributed by atoms with van der Waals surface area (Å²) in [5.41, 5.74) is 0. The minimum atomic E-state index is -3.65. The summed E-state index contributed by atoms with van der Waals surface area (Å²) in [4.78, 5) is 17.2. The van der Waals surface area contributed by atoms with E-state index in [0.29, 0.717) is 18.9 Å². The number of sulfonamides is 1. The molecule has 1 aliphatic rings. The van der Waals surface area contributed by atoms with Crippen molar-refractivity contribution in [2.75, 3.05) is 40.3 Å². The standard InChI is InChI=1S/C21H37N3O4S/c1-7-19-17-23(18(3)4)14-15-24(19)21(25)12-9-13-22(5)29(26,27)20(8-2)11-10-16-28-6/h8,10-11,16,18-19H,2,7,9,12-15,17H2,1,3-6H3/b16-10+,20-11+. The molecule has 1 heterocycles. The van der Waals surface area contributed by atoms with Crippen LogP contribution in [-0.4, -0.2) is 80.9 Å². The summed E-state index contributed by atoms with van der Waals surface area (Å²) in [6, 6.07) is 0.703. The molecule has 0 aromatic carbocycles. The van der Waals surface area contributed by atoms with E-state index < -0.39 is 10.0 Å². The van der Waals surface area contributed by atoms with Crippen LogP contribution in [0.5, 0.6) is 0 Å². The third-order valence-corrected chi connectivity index (χ3v) is 7.19. The van der Waals surface area contributed by atoms with Crippen LogP contribution < -0.4 is 0 Å². The molecule has 1 amide bonds. The van der Waals surface area contributed by atoms with Gasteiger partial charge in [-0.3, -0.25) is 9.69 Å². The van der Waals surface area contributed by atoms with Gasteiger partial charge in [-0.2, -0.15) is 0 Å². The van der Waals surface area contributed by atoms with Gasteiger partial charge in [0.1, 0.15) is 0 Å². The molecular weight excluding hydrogens is 390 g/mol. The first-order valence-corrected chi connectivity index (χ1v) is 11.6. The van der Waals surface area contributed by atoms with Gasteiger partial charge >= 0.3 is 0 Å². The number of piperazine rings is 1. The van der Waals surface area contributed by atoms with E-state index in [9.17, 15) is 13.2 Å². The summed E-state index contributed by atoms with van der Waals surface area (Å²) in [6.45, 7) is 12.8. The molecule has 0 radical (unpaired) electrons. The molecule has 1 aliphatic heterocycles. The second-order valence-corrected chi connectivity index (χ2v) is 9.55. The molecule has 0 aromatic rings. The fraction of sp³-hybridized carbons (Fsp3) is 0.667. The fourth-order valence-corrected chi connectivity index (χ4v) is 4.59. The zero-order valence-electron chi connectivity index (χ0n) is 18.5. The third-order valence-electron chi connectivity index (χ3n) is 5.28. The first-order valence-electron chi connectivity index (χ1n) is 10.2. The van der Waals surface area contributed by atoms with Crippen molar-refractivity contribution in [3.05, 3.63) is 36.0 Å². The van der Waals surface area contributed by atoms with Crippen LogP contribution >= 0.6 is 0 Å². The Morgan fingerprint density at radius 1 is 1.34 bits per heavy atom. The van der Waals surface area contributed by atoms with Crippen molar-refractivity contribution in [3.8, 4) is 0 Å². The van der Waals surface area contributed by atoms with E-state index in [2.05, 4.69) is 32.3 Å². The number of rotatable bonds is 11. The van der Waals surface area contributed by atoms with E-state index in [4.69, 9.17) is 4.74 Å². The number of hydrogen-bond donors (Lipinski definition) is 0. The van der Waals surface area contributed by atoms with Gasteiger partial charge in [-0.15, -0.1) is 0 Å². The molecule has 0 aromatic heterocycles. The lowest BCUT2D eigenvalue weighted by molar-refractivity contribution is -0.136. The van der Waals surface area contributed by atoms with Crippen molar-refractivity contribution in [1.29, 1.82) is 0 Å². The first-order chi connectivity index (χ1) is 13.7. The number of amides is 1. The number of hydrogen-bond acceptors (Lipinski definition) is 5. The lowest BCUT2D eigenvalue weighted by Crippen LogP contribution is -2.56. The predicted octanol–water partition coefficient (Wildman–Crippen LogP) is 2.59. The smallest absolute Gasteiger partial charge is 0.242 e. The van der Waals surface area contributed by atoms with Gasteiger partial charge in [-0.25, -0.2) is 12.7 Å². The van der Waals surface area contributed by atoms with Crippen LogP contribution in [0.25, 0.3) is 0 Å². The average molecular weight is 428 g/mol. The van der Waals surface area contributed by atoms with Crippen molar-refractivity contribution in [3.63, 3.8) is 0 Å². The molecule has 1 atom stereocenters. The molecule has 166 valence electrons. The first kappa shape index (κ1) is 25.4. The Balaban J connectivity index is 2.63. The highest BCUT2D eigenvalue weighted by Crippen LogP contribution is 2.18. The Kier molecular flexibility index (Phi) is 10.6. The number of carbonyl (C=O) groups is 1. The number of carbonyl (C=O) groups excluding carboxylic acids is 1. The van der Waals surface area contributed by atoms with Crippen molar-refractivity contribution in [2.45, 2.75) is 52.1 Å². The minimum Gasteiger partial charge on any atom is -0.504 e. The molecule has 1 fully saturated rings. The van der Waals surface area contributed by atoms with Crippen LogP contribution in [0.1, 0.15) is 40.0 Å². The van der Waals surface area contributed by atoms with Crippen LogP contribution in [-0.2, 0) is 19.6 Å². The average Bonchev–Trinajstić information content (AvgIpc) is 2.70. The van der Waals surface area contributed by atoms with Gasteiger partial charge in [-0.05, 0) is 44.9 Å². The lowest BCUT2D eigenvalue weighted by atomic mass is 10.1. The minimum absolute atomic E-state index is 0.0930. The van der Waals surface area contributed by atoms with E-state index in [1.807, 2.05) is 4.90 Å². The monoisotopic (exact) mass is 427 g/mol. The number of ether oxygens (including phenoxy) is 1. The Hall–Kier alpha value is -1.64. The molecule has 29 heavy (non-hydrogen) atoms. The zero-order valence-corrected chi connectivity index (χ0v) is 19.3. The molecule has 1 rings (SSSR count). The maximum atomic E-state index is 12.7. The number of allylic oxidation sites excluding steroid dienone is 3. The second kappa shape index (κ2) is 12.1. The third kappa shape index (κ3) is 7.28. The Morgan fingerprint density at radius 2 is 2.03 bits per heavy atom. The molecule has 0 saturated carbocycles. The zero-order chi connectivity index (χ0) is 22.0. The molecule has 7 nitrogen and oxygen atoms in total. The summed E-state index contributed by atoms with van der Waals surface area (Å²) in [6.07, 6.45) is 7.38. The highest BCUT2D eigenvalue weighted by Gasteiger charge is 2.30. The van der Waals surface area contributed by atoms with Gasteiger partial charge in [0.2, 0.25) is 15.9 Å². The van der Waals surface area contributed by atoms with E-state index >= 15 is 0 Å². The van der Waals surface area contributed by atoms with Gasteiger partial charge in [0.25, 0.3) is 0 Å². The van der Waals surface area contributed by atoms with Gasteiger partial charge in [0.15, 0.2) is 0 Å². The maximum absolute atomic E-state index is 12.7. The lowest BCUT2D eigenvalue weighted by Gasteiger charge is -2.43. The van der Waals surface area contributed by atoms with E-state index in [1.54, 1.807) is 0 Å². The predicted molar refractivity (Wildman–Crippen MR) is 118 cm³/mol. The quantitative estimate of drug-likeness (QED) is 0.374. The Morgan fingerprint density at radius 3 is 2.59 bits per heavy atom. The van der Waals surface area contributed by atoms with Crippen molar-refractivity contribution in [2.24, 2.45) is 0 Å². The number of methoxy groups -OCH3 is 1. The highest BCUT2D eigenvalue weighted by molar-refractivity contribution is 7.93. The van der Waals surface area contributed by atoms with E-state index in [0.717, 1.165) is 26.1 Å². The molecule has 0 spiro atoms. The normalized spacial score (nSPS) is 19.3. The van der Waals surface area contributed by atoms with Crippen LogP contribution in [0.4, 0.5) is 0 Å². The van der Waals surface area contributed by atoms with E-state index in [1.165, 1.54) is 43.0 Å².